The van der Waals surface area contributed by atoms with Gasteiger partial charge in [-0.1, -0.05) is 12.1 Å². The van der Waals surface area contributed by atoms with Crippen LogP contribution in [-0.4, -0.2) is 60.4 Å². The van der Waals surface area contributed by atoms with Crippen molar-refractivity contribution >= 4 is 5.97 Å². The van der Waals surface area contributed by atoms with Crippen molar-refractivity contribution in [2.24, 2.45) is 0 Å². The topological polar surface area (TPSA) is 95.9 Å². The SMILES string of the molecule is CC1(C)Oc2cccc(OCCCN(CCCOc3cccc4c3OC(C)(C)O4)CCC(=O)O)c2O1. The second-order valence-corrected chi connectivity index (χ2v) is 9.76. The maximum atomic E-state index is 11.1. The van der Waals surface area contributed by atoms with Crippen LogP contribution in [0, 0.1) is 0 Å². The number of hydrogen-bond acceptors (Lipinski definition) is 8. The van der Waals surface area contributed by atoms with Crippen molar-refractivity contribution in [3.8, 4) is 34.5 Å². The Kier molecular flexibility index (Phi) is 7.68. The molecule has 0 aromatic heterocycles. The largest absolute Gasteiger partial charge is 0.489 e. The number of ether oxygens (including phenoxy) is 6. The summed E-state index contributed by atoms with van der Waals surface area (Å²) in [5.41, 5.74) is 0. The lowest BCUT2D eigenvalue weighted by Crippen LogP contribution is -2.30. The van der Waals surface area contributed by atoms with Crippen LogP contribution in [0.1, 0.15) is 47.0 Å². The minimum atomic E-state index is -0.813. The lowest BCUT2D eigenvalue weighted by atomic mass is 10.3. The van der Waals surface area contributed by atoms with E-state index in [1.165, 1.54) is 0 Å². The molecule has 0 bridgehead atoms. The molecule has 0 saturated heterocycles. The van der Waals surface area contributed by atoms with Gasteiger partial charge in [-0.15, -0.1) is 0 Å². The predicted molar refractivity (Wildman–Crippen MR) is 132 cm³/mol. The van der Waals surface area contributed by atoms with Gasteiger partial charge in [0.05, 0.1) is 19.6 Å². The van der Waals surface area contributed by atoms with Gasteiger partial charge in [0.1, 0.15) is 0 Å². The number of hydrogen-bond donors (Lipinski definition) is 1. The fourth-order valence-electron chi connectivity index (χ4n) is 4.17. The smallest absolute Gasteiger partial charge is 0.304 e. The Labute approximate surface area is 211 Å². The highest BCUT2D eigenvalue weighted by Gasteiger charge is 2.35. The van der Waals surface area contributed by atoms with E-state index in [1.54, 1.807) is 0 Å². The summed E-state index contributed by atoms with van der Waals surface area (Å²) in [6.45, 7) is 10.2. The molecule has 2 aromatic carbocycles. The van der Waals surface area contributed by atoms with Crippen LogP contribution in [0.2, 0.25) is 0 Å². The highest BCUT2D eigenvalue weighted by Crippen LogP contribution is 2.46. The molecule has 2 heterocycles. The molecule has 36 heavy (non-hydrogen) atoms. The summed E-state index contributed by atoms with van der Waals surface area (Å²) < 4.78 is 35.2. The first kappa shape index (κ1) is 25.8. The molecule has 0 fully saturated rings. The number of rotatable bonds is 13. The van der Waals surface area contributed by atoms with E-state index in [0.717, 1.165) is 12.8 Å². The van der Waals surface area contributed by atoms with Crippen LogP contribution < -0.4 is 28.4 Å². The fourth-order valence-corrected chi connectivity index (χ4v) is 4.17. The number of fused-ring (bicyclic) bond motifs is 2. The van der Waals surface area contributed by atoms with Crippen LogP contribution in [0.4, 0.5) is 0 Å². The molecule has 2 aliphatic rings. The zero-order valence-electron chi connectivity index (χ0n) is 21.4. The van der Waals surface area contributed by atoms with E-state index in [1.807, 2.05) is 64.1 Å². The molecule has 9 nitrogen and oxygen atoms in total. The number of carbonyl (C=O) groups is 1. The quantitative estimate of drug-likeness (QED) is 0.391. The van der Waals surface area contributed by atoms with Gasteiger partial charge in [0.25, 0.3) is 0 Å². The maximum Gasteiger partial charge on any atom is 0.304 e. The highest BCUT2D eigenvalue weighted by atomic mass is 16.7. The van der Waals surface area contributed by atoms with E-state index in [-0.39, 0.29) is 6.42 Å². The number of benzene rings is 2. The summed E-state index contributed by atoms with van der Waals surface area (Å²) in [5.74, 6) is 1.63. The fraction of sp³-hybridized carbons (Fsp3) is 0.519. The molecular weight excluding hydrogens is 466 g/mol. The maximum absolute atomic E-state index is 11.1. The summed E-state index contributed by atoms with van der Waals surface area (Å²) in [4.78, 5) is 13.3. The monoisotopic (exact) mass is 501 g/mol. The number of nitrogens with zero attached hydrogens (tertiary/aromatic N) is 1. The zero-order chi connectivity index (χ0) is 25.8. The summed E-state index contributed by atoms with van der Waals surface area (Å²) >= 11 is 0. The standard InChI is InChI=1S/C27H35NO8/c1-26(2)33-21-11-5-9-19(24(21)35-26)31-17-7-14-28(16-13-23(29)30)15-8-18-32-20-10-6-12-22-25(20)36-27(3,4)34-22/h5-6,9-12H,7-8,13-18H2,1-4H3,(H,29,30). The zero-order valence-corrected chi connectivity index (χ0v) is 21.4. The van der Waals surface area contributed by atoms with Gasteiger partial charge in [-0.05, 0) is 37.1 Å². The first-order valence-corrected chi connectivity index (χ1v) is 12.3. The molecule has 0 atom stereocenters. The van der Waals surface area contributed by atoms with Crippen molar-refractivity contribution in [1.29, 1.82) is 0 Å². The Morgan fingerprint density at radius 3 is 1.69 bits per heavy atom. The van der Waals surface area contributed by atoms with Crippen LogP contribution in [-0.2, 0) is 4.79 Å². The molecule has 9 heteroatoms. The molecule has 0 spiro atoms. The van der Waals surface area contributed by atoms with E-state index in [0.29, 0.717) is 67.3 Å². The Bertz CT molecular complexity index is 992. The van der Waals surface area contributed by atoms with Gasteiger partial charge in [-0.2, -0.15) is 0 Å². The number of aliphatic carboxylic acids is 1. The van der Waals surface area contributed by atoms with E-state index in [4.69, 9.17) is 33.5 Å². The molecule has 0 radical (unpaired) electrons. The lowest BCUT2D eigenvalue weighted by Gasteiger charge is -2.22. The molecule has 2 aliphatic heterocycles. The number of carboxylic acid groups (broad SMARTS) is 1. The second kappa shape index (κ2) is 10.7. The molecule has 0 unspecified atom stereocenters. The Morgan fingerprint density at radius 1 is 0.778 bits per heavy atom. The van der Waals surface area contributed by atoms with E-state index in [9.17, 15) is 4.79 Å². The van der Waals surface area contributed by atoms with Crippen molar-refractivity contribution in [2.75, 3.05) is 32.8 Å². The third kappa shape index (κ3) is 6.66. The highest BCUT2D eigenvalue weighted by molar-refractivity contribution is 5.66. The Morgan fingerprint density at radius 2 is 1.25 bits per heavy atom. The van der Waals surface area contributed by atoms with Crippen LogP contribution in [0.25, 0.3) is 0 Å². The van der Waals surface area contributed by atoms with Gasteiger partial charge in [0.15, 0.2) is 23.0 Å². The molecule has 4 rings (SSSR count). The number of carboxylic acids is 1. The minimum Gasteiger partial charge on any atom is -0.489 e. The average molecular weight is 502 g/mol. The third-order valence-corrected chi connectivity index (χ3v) is 5.69. The summed E-state index contributed by atoms with van der Waals surface area (Å²) in [6.07, 6.45) is 1.56. The molecule has 2 aromatic rings. The van der Waals surface area contributed by atoms with Crippen LogP contribution >= 0.6 is 0 Å². The lowest BCUT2D eigenvalue weighted by molar-refractivity contribution is -0.137. The van der Waals surface area contributed by atoms with Crippen LogP contribution in [0.15, 0.2) is 36.4 Å². The second-order valence-electron chi connectivity index (χ2n) is 9.76. The van der Waals surface area contributed by atoms with Crippen LogP contribution in [0.3, 0.4) is 0 Å². The van der Waals surface area contributed by atoms with Crippen LogP contribution in [0.5, 0.6) is 34.5 Å². The molecule has 196 valence electrons. The van der Waals surface area contributed by atoms with E-state index in [2.05, 4.69) is 4.90 Å². The summed E-state index contributed by atoms with van der Waals surface area (Å²) in [7, 11) is 0. The Balaban J connectivity index is 1.23. The molecule has 0 amide bonds. The van der Waals surface area contributed by atoms with E-state index >= 15 is 0 Å². The molecule has 1 N–H and O–H groups in total. The van der Waals surface area contributed by atoms with Crippen molar-refractivity contribution < 1.29 is 38.3 Å². The van der Waals surface area contributed by atoms with Gasteiger partial charge < -0.3 is 38.4 Å². The third-order valence-electron chi connectivity index (χ3n) is 5.69. The van der Waals surface area contributed by atoms with Gasteiger partial charge in [-0.25, -0.2) is 0 Å². The normalized spacial score (nSPS) is 16.2. The van der Waals surface area contributed by atoms with Gasteiger partial charge in [0, 0.05) is 47.3 Å². The van der Waals surface area contributed by atoms with Crippen molar-refractivity contribution in [2.45, 2.75) is 58.5 Å². The first-order valence-electron chi connectivity index (χ1n) is 12.3. The van der Waals surface area contributed by atoms with E-state index < -0.39 is 17.5 Å². The van der Waals surface area contributed by atoms with Gasteiger partial charge >= 0.3 is 5.97 Å². The van der Waals surface area contributed by atoms with Gasteiger partial charge in [0.2, 0.25) is 23.1 Å². The van der Waals surface area contributed by atoms with Crippen molar-refractivity contribution in [1.82, 2.24) is 4.90 Å². The average Bonchev–Trinajstić information content (AvgIpc) is 3.30. The Hall–Kier alpha value is -3.33. The number of para-hydroxylation sites is 2. The minimum absolute atomic E-state index is 0.0840. The summed E-state index contributed by atoms with van der Waals surface area (Å²) in [6, 6.07) is 11.2. The molecule has 0 saturated carbocycles. The first-order chi connectivity index (χ1) is 17.1. The molecular formula is C27H35NO8. The van der Waals surface area contributed by atoms with Gasteiger partial charge in [-0.3, -0.25) is 4.79 Å². The molecule has 0 aliphatic carbocycles. The predicted octanol–water partition coefficient (Wildman–Crippen LogP) is 4.72. The van der Waals surface area contributed by atoms with Crippen molar-refractivity contribution in [3.05, 3.63) is 36.4 Å². The van der Waals surface area contributed by atoms with Crippen molar-refractivity contribution in [3.63, 3.8) is 0 Å². The summed E-state index contributed by atoms with van der Waals surface area (Å²) in [5, 5.41) is 9.14.